The average Bonchev–Trinajstić information content (AvgIpc) is 3.67. The molecule has 21 heteroatoms. The number of rotatable bonds is 25. The molecule has 21 nitrogen and oxygen atoms in total. The minimum absolute atomic E-state index is 0.0239. The number of amides is 7. The number of carbonyl (C=O) groups excluding carboxylic acids is 7. The maximum Gasteiger partial charge on any atom is 0.326 e. The number of hydrogen-bond donors (Lipinski definition) is 11. The zero-order chi connectivity index (χ0) is 46.0. The molecule has 0 bridgehead atoms. The van der Waals surface area contributed by atoms with Crippen LogP contribution < -0.4 is 49.5 Å². The van der Waals surface area contributed by atoms with Crippen molar-refractivity contribution in [3.8, 4) is 0 Å². The summed E-state index contributed by atoms with van der Waals surface area (Å²) in [5.74, 6) is -7.47. The molecule has 0 aliphatic carbocycles. The number of guanidine groups is 1. The molecule has 0 radical (unpaired) electrons. The second-order valence-corrected chi connectivity index (χ2v) is 16.2. The zero-order valence-electron chi connectivity index (χ0n) is 35.6. The minimum atomic E-state index is -1.55. The van der Waals surface area contributed by atoms with Crippen LogP contribution in [0.25, 0.3) is 0 Å². The van der Waals surface area contributed by atoms with E-state index in [0.717, 1.165) is 4.90 Å². The van der Waals surface area contributed by atoms with Gasteiger partial charge in [-0.05, 0) is 62.8 Å². The van der Waals surface area contributed by atoms with Crippen molar-refractivity contribution in [1.29, 1.82) is 0 Å². The number of aliphatic carboxylic acids is 1. The predicted molar refractivity (Wildman–Crippen MR) is 224 cm³/mol. The van der Waals surface area contributed by atoms with Crippen LogP contribution in [-0.4, -0.2) is 130 Å². The summed E-state index contributed by atoms with van der Waals surface area (Å²) in [5, 5.41) is 32.6. The Morgan fingerprint density at radius 1 is 0.738 bits per heavy atom. The molecule has 61 heavy (non-hydrogen) atoms. The lowest BCUT2D eigenvalue weighted by Gasteiger charge is -2.29. The van der Waals surface area contributed by atoms with Crippen molar-refractivity contribution >= 4 is 53.3 Å². The Bertz CT molecular complexity index is 1700. The van der Waals surface area contributed by atoms with Crippen molar-refractivity contribution in [3.05, 3.63) is 35.9 Å². The number of nitrogens with two attached hydrogens (primary N) is 4. The van der Waals surface area contributed by atoms with Gasteiger partial charge in [-0.3, -0.25) is 38.6 Å². The molecule has 0 saturated carbocycles. The Kier molecular flexibility index (Phi) is 21.1. The van der Waals surface area contributed by atoms with E-state index in [0.29, 0.717) is 12.0 Å². The number of nitrogens with zero attached hydrogens (tertiary/aromatic N) is 2. The van der Waals surface area contributed by atoms with Gasteiger partial charge >= 0.3 is 5.97 Å². The highest BCUT2D eigenvalue weighted by Crippen LogP contribution is 2.20. The number of hydrogen-bond acceptors (Lipinski definition) is 11. The summed E-state index contributed by atoms with van der Waals surface area (Å²) in [6.45, 7) is 8.71. The third-order valence-corrected chi connectivity index (χ3v) is 9.84. The molecule has 340 valence electrons. The molecule has 8 atom stereocenters. The molecule has 0 spiro atoms. The number of carboxylic acids is 1. The lowest BCUT2D eigenvalue weighted by Crippen LogP contribution is -2.60. The van der Waals surface area contributed by atoms with Crippen molar-refractivity contribution in [2.24, 2.45) is 39.8 Å². The van der Waals surface area contributed by atoms with Gasteiger partial charge in [0.1, 0.15) is 42.3 Å². The van der Waals surface area contributed by atoms with E-state index in [1.165, 1.54) is 6.92 Å². The molecule has 0 aromatic heterocycles. The van der Waals surface area contributed by atoms with E-state index < -0.39 is 102 Å². The summed E-state index contributed by atoms with van der Waals surface area (Å²) in [7, 11) is 0. The van der Waals surface area contributed by atoms with Crippen molar-refractivity contribution in [2.75, 3.05) is 13.1 Å². The molecule has 1 aliphatic rings. The molecule has 1 fully saturated rings. The fourth-order valence-electron chi connectivity index (χ4n) is 6.70. The number of aliphatic hydroxyl groups is 1. The van der Waals surface area contributed by atoms with Crippen LogP contribution in [0.3, 0.4) is 0 Å². The first-order valence-corrected chi connectivity index (χ1v) is 20.5. The molecular weight excluding hydrogens is 795 g/mol. The Balaban J connectivity index is 2.40. The SMILES string of the molecule is CC(C)C[C@H](NC(=O)[C@H](CC(C)C)NC(=O)[C@H](Cc1ccccc1)NC(=O)[C@@H](N)[C@@H](C)O)C(=O)N[C@@H](CCCN=C(N)N)C(=O)N[C@@H](CC(N)=O)C(=O)N1CCC[C@H]1C(=O)O. The first-order valence-electron chi connectivity index (χ1n) is 20.5. The van der Waals surface area contributed by atoms with Crippen LogP contribution in [0.5, 0.6) is 0 Å². The van der Waals surface area contributed by atoms with E-state index in [4.69, 9.17) is 22.9 Å². The van der Waals surface area contributed by atoms with Crippen molar-refractivity contribution < 1.29 is 48.6 Å². The molecule has 0 unspecified atom stereocenters. The fourth-order valence-corrected chi connectivity index (χ4v) is 6.70. The lowest BCUT2D eigenvalue weighted by atomic mass is 9.98. The standard InChI is InChI=1S/C40H65N11O10/c1-21(2)17-26(47-35(56)27(18-22(3)4)48-36(57)28(19-24-11-7-6-8-12-24)49-37(58)32(42)23(5)52)34(55)46-25(13-9-15-45-40(43)44)33(54)50-29(20-31(41)53)38(59)51-16-10-14-30(51)39(60)61/h6-8,11-12,21-23,25-30,32,52H,9-10,13-20,42H2,1-5H3,(H2,41,53)(H,46,55)(H,47,56)(H,48,57)(H,49,58)(H,50,54)(H,60,61)(H4,43,44,45)/t23-,25+,26+,27+,28+,29+,30+,32+/m1/s1. The van der Waals surface area contributed by atoms with E-state index in [1.54, 1.807) is 44.2 Å². The topological polar surface area (TPSA) is 357 Å². The van der Waals surface area contributed by atoms with E-state index in [2.05, 4.69) is 31.6 Å². The molecule has 7 amide bonds. The normalized spacial score (nSPS) is 17.1. The van der Waals surface area contributed by atoms with E-state index in [-0.39, 0.29) is 69.4 Å². The second-order valence-electron chi connectivity index (χ2n) is 16.2. The predicted octanol–water partition coefficient (Wildman–Crippen LogP) is -2.54. The van der Waals surface area contributed by atoms with Crippen LogP contribution in [0, 0.1) is 11.8 Å². The molecule has 15 N–H and O–H groups in total. The quantitative estimate of drug-likeness (QED) is 0.0275. The van der Waals surface area contributed by atoms with Crippen LogP contribution in [0.4, 0.5) is 0 Å². The van der Waals surface area contributed by atoms with Gasteiger partial charge in [-0.15, -0.1) is 0 Å². The first-order chi connectivity index (χ1) is 28.6. The van der Waals surface area contributed by atoms with Gasteiger partial charge in [0.15, 0.2) is 5.96 Å². The van der Waals surface area contributed by atoms with Crippen molar-refractivity contribution in [2.45, 2.75) is 134 Å². The van der Waals surface area contributed by atoms with Crippen LogP contribution in [-0.2, 0) is 44.8 Å². The van der Waals surface area contributed by atoms with Crippen LogP contribution >= 0.6 is 0 Å². The number of benzene rings is 1. The first kappa shape index (κ1) is 51.3. The summed E-state index contributed by atoms with van der Waals surface area (Å²) in [5.41, 5.74) is 22.8. The highest BCUT2D eigenvalue weighted by atomic mass is 16.4. The number of nitrogens with one attached hydrogen (secondary N) is 5. The Morgan fingerprint density at radius 2 is 1.23 bits per heavy atom. The summed E-state index contributed by atoms with van der Waals surface area (Å²) in [4.78, 5) is 111. The summed E-state index contributed by atoms with van der Waals surface area (Å²) >= 11 is 0. The second kappa shape index (κ2) is 25.1. The van der Waals surface area contributed by atoms with Crippen molar-refractivity contribution in [3.63, 3.8) is 0 Å². The van der Waals surface area contributed by atoms with Gasteiger partial charge in [0.25, 0.3) is 0 Å². The number of carboxylic acid groups (broad SMARTS) is 1. The van der Waals surface area contributed by atoms with E-state index in [1.807, 2.05) is 13.8 Å². The van der Waals surface area contributed by atoms with Crippen LogP contribution in [0.1, 0.15) is 85.1 Å². The number of primary amides is 1. The smallest absolute Gasteiger partial charge is 0.326 e. The largest absolute Gasteiger partial charge is 0.480 e. The van der Waals surface area contributed by atoms with Crippen LogP contribution in [0.2, 0.25) is 0 Å². The molecule has 1 heterocycles. The number of likely N-dealkylation sites (tertiary alicyclic amines) is 1. The van der Waals surface area contributed by atoms with Crippen molar-refractivity contribution in [1.82, 2.24) is 31.5 Å². The summed E-state index contributed by atoms with van der Waals surface area (Å²) in [6.07, 6.45) is -0.991. The maximum absolute atomic E-state index is 14.1. The number of carbonyl (C=O) groups is 8. The van der Waals surface area contributed by atoms with Gasteiger partial charge in [0, 0.05) is 19.5 Å². The number of aliphatic hydroxyl groups excluding tert-OH is 1. The third-order valence-electron chi connectivity index (χ3n) is 9.84. The molecular formula is C40H65N11O10. The minimum Gasteiger partial charge on any atom is -0.480 e. The van der Waals surface area contributed by atoms with Crippen LogP contribution in [0.15, 0.2) is 35.3 Å². The maximum atomic E-state index is 14.1. The van der Waals surface area contributed by atoms with Gasteiger partial charge in [0.2, 0.25) is 41.4 Å². The Hall–Kier alpha value is -5.83. The monoisotopic (exact) mass is 859 g/mol. The third kappa shape index (κ3) is 17.7. The summed E-state index contributed by atoms with van der Waals surface area (Å²) in [6, 6.07) is -0.283. The zero-order valence-corrected chi connectivity index (χ0v) is 35.6. The van der Waals surface area contributed by atoms with Gasteiger partial charge in [0.05, 0.1) is 12.5 Å². The molecule has 1 aliphatic heterocycles. The molecule has 1 aromatic carbocycles. The van der Waals surface area contributed by atoms with E-state index >= 15 is 0 Å². The van der Waals surface area contributed by atoms with Gasteiger partial charge in [-0.25, -0.2) is 4.79 Å². The fraction of sp³-hybridized carbons (Fsp3) is 0.625. The van der Waals surface area contributed by atoms with Gasteiger partial charge in [-0.2, -0.15) is 0 Å². The average molecular weight is 860 g/mol. The molecule has 1 aromatic rings. The molecule has 1 saturated heterocycles. The van der Waals surface area contributed by atoms with Gasteiger partial charge in [-0.1, -0.05) is 58.0 Å². The Morgan fingerprint density at radius 3 is 1.72 bits per heavy atom. The highest BCUT2D eigenvalue weighted by Gasteiger charge is 2.39. The number of aliphatic imine (C=N–C) groups is 1. The Labute approximate surface area is 355 Å². The lowest BCUT2D eigenvalue weighted by molar-refractivity contribution is -0.149. The summed E-state index contributed by atoms with van der Waals surface area (Å²) < 4.78 is 0. The molecule has 2 rings (SSSR count). The van der Waals surface area contributed by atoms with Gasteiger partial charge < -0.3 is 64.6 Å². The highest BCUT2D eigenvalue weighted by molar-refractivity contribution is 5.98. The van der Waals surface area contributed by atoms with E-state index in [9.17, 15) is 48.6 Å².